The van der Waals surface area contributed by atoms with Crippen molar-refractivity contribution in [2.24, 2.45) is 0 Å². The maximum atomic E-state index is 9.86. The molecule has 1 saturated carbocycles. The number of aliphatic hydroxyl groups is 1. The summed E-state index contributed by atoms with van der Waals surface area (Å²) >= 11 is 3.30. The standard InChI is InChI=1S/C9H14BrN3O/c10-7-6-13(12-8(7)11)5-4-9(14)2-1-3-9/h6,14H,1-5H2,(H2,11,12). The van der Waals surface area contributed by atoms with Gasteiger partial charge in [0.25, 0.3) is 0 Å². The van der Waals surface area contributed by atoms with Crippen molar-refractivity contribution >= 4 is 21.7 Å². The fourth-order valence-corrected chi connectivity index (χ4v) is 2.00. The molecule has 0 amide bonds. The number of halogens is 1. The smallest absolute Gasteiger partial charge is 0.159 e. The second kappa shape index (κ2) is 3.55. The van der Waals surface area contributed by atoms with Gasteiger partial charge in [-0.25, -0.2) is 0 Å². The SMILES string of the molecule is Nc1nn(CCC2(O)CCC2)cc1Br. The predicted octanol–water partition coefficient (Wildman–Crippen LogP) is 1.53. The molecule has 0 saturated heterocycles. The van der Waals surface area contributed by atoms with Crippen LogP contribution in [0.4, 0.5) is 5.82 Å². The molecule has 1 aliphatic rings. The van der Waals surface area contributed by atoms with Gasteiger partial charge in [0.05, 0.1) is 10.1 Å². The Kier molecular flexibility index (Phi) is 2.53. The zero-order chi connectivity index (χ0) is 10.2. The summed E-state index contributed by atoms with van der Waals surface area (Å²) in [5.74, 6) is 0.505. The van der Waals surface area contributed by atoms with E-state index >= 15 is 0 Å². The Morgan fingerprint density at radius 3 is 2.79 bits per heavy atom. The lowest BCUT2D eigenvalue weighted by atomic mass is 9.78. The van der Waals surface area contributed by atoms with Crippen molar-refractivity contribution in [3.8, 4) is 0 Å². The molecule has 0 radical (unpaired) electrons. The number of nitrogen functional groups attached to an aromatic ring is 1. The van der Waals surface area contributed by atoms with E-state index in [1.807, 2.05) is 6.20 Å². The van der Waals surface area contributed by atoms with Crippen LogP contribution in [0.3, 0.4) is 0 Å². The summed E-state index contributed by atoms with van der Waals surface area (Å²) in [4.78, 5) is 0. The molecule has 0 atom stereocenters. The zero-order valence-corrected chi connectivity index (χ0v) is 9.50. The number of anilines is 1. The highest BCUT2D eigenvalue weighted by Gasteiger charge is 2.33. The molecule has 2 rings (SSSR count). The quantitative estimate of drug-likeness (QED) is 0.866. The van der Waals surface area contributed by atoms with Crippen molar-refractivity contribution in [3.05, 3.63) is 10.7 Å². The summed E-state index contributed by atoms with van der Waals surface area (Å²) in [7, 11) is 0. The molecule has 1 fully saturated rings. The zero-order valence-electron chi connectivity index (χ0n) is 7.91. The third-order valence-electron chi connectivity index (χ3n) is 2.83. The lowest BCUT2D eigenvalue weighted by Crippen LogP contribution is -2.37. The number of aromatic nitrogens is 2. The lowest BCUT2D eigenvalue weighted by molar-refractivity contribution is -0.0438. The maximum absolute atomic E-state index is 9.86. The highest BCUT2D eigenvalue weighted by atomic mass is 79.9. The first-order chi connectivity index (χ1) is 6.59. The molecule has 0 aliphatic heterocycles. The van der Waals surface area contributed by atoms with Crippen LogP contribution in [0.25, 0.3) is 0 Å². The van der Waals surface area contributed by atoms with Gasteiger partial charge >= 0.3 is 0 Å². The molecule has 0 unspecified atom stereocenters. The van der Waals surface area contributed by atoms with Gasteiger partial charge in [0, 0.05) is 12.7 Å². The van der Waals surface area contributed by atoms with Crippen molar-refractivity contribution in [2.75, 3.05) is 5.73 Å². The van der Waals surface area contributed by atoms with Gasteiger partial charge in [-0.15, -0.1) is 0 Å². The summed E-state index contributed by atoms with van der Waals surface area (Å²) in [6, 6.07) is 0. The summed E-state index contributed by atoms with van der Waals surface area (Å²) in [6.45, 7) is 0.728. The van der Waals surface area contributed by atoms with Crippen LogP contribution >= 0.6 is 15.9 Å². The molecular formula is C9H14BrN3O. The van der Waals surface area contributed by atoms with E-state index in [1.165, 1.54) is 0 Å². The fourth-order valence-electron chi connectivity index (χ4n) is 1.68. The van der Waals surface area contributed by atoms with Gasteiger partial charge in [-0.3, -0.25) is 4.68 Å². The Hall–Kier alpha value is -0.550. The Morgan fingerprint density at radius 1 is 1.64 bits per heavy atom. The third kappa shape index (κ3) is 1.93. The van der Waals surface area contributed by atoms with Crippen molar-refractivity contribution in [1.82, 2.24) is 9.78 Å². The van der Waals surface area contributed by atoms with E-state index in [9.17, 15) is 5.11 Å². The number of rotatable bonds is 3. The monoisotopic (exact) mass is 259 g/mol. The molecule has 0 bridgehead atoms. The highest BCUT2D eigenvalue weighted by Crippen LogP contribution is 2.34. The van der Waals surface area contributed by atoms with Gasteiger partial charge in [-0.2, -0.15) is 5.10 Å². The van der Waals surface area contributed by atoms with Crippen LogP contribution in [0.5, 0.6) is 0 Å². The summed E-state index contributed by atoms with van der Waals surface area (Å²) in [5, 5.41) is 14.0. The van der Waals surface area contributed by atoms with E-state index in [4.69, 9.17) is 5.73 Å². The number of nitrogens with zero attached hydrogens (tertiary/aromatic N) is 2. The number of hydrogen-bond acceptors (Lipinski definition) is 3. The van der Waals surface area contributed by atoms with Gasteiger partial charge in [0.2, 0.25) is 0 Å². The van der Waals surface area contributed by atoms with E-state index in [0.29, 0.717) is 5.82 Å². The van der Waals surface area contributed by atoms with Gasteiger partial charge in [-0.1, -0.05) is 0 Å². The molecule has 78 valence electrons. The van der Waals surface area contributed by atoms with E-state index in [2.05, 4.69) is 21.0 Å². The minimum Gasteiger partial charge on any atom is -0.390 e. The van der Waals surface area contributed by atoms with Gasteiger partial charge in [0.15, 0.2) is 5.82 Å². The largest absolute Gasteiger partial charge is 0.390 e. The Bertz CT molecular complexity index is 313. The second-order valence-corrected chi connectivity index (χ2v) is 4.81. The van der Waals surface area contributed by atoms with Crippen molar-refractivity contribution in [3.63, 3.8) is 0 Å². The first kappa shape index (κ1) is 9.98. The fraction of sp³-hybridized carbons (Fsp3) is 0.667. The maximum Gasteiger partial charge on any atom is 0.159 e. The third-order valence-corrected chi connectivity index (χ3v) is 3.44. The lowest BCUT2D eigenvalue weighted by Gasteiger charge is -2.36. The minimum atomic E-state index is -0.437. The van der Waals surface area contributed by atoms with Gasteiger partial charge < -0.3 is 10.8 Å². The molecule has 1 aliphatic carbocycles. The van der Waals surface area contributed by atoms with E-state index in [-0.39, 0.29) is 0 Å². The first-order valence-electron chi connectivity index (χ1n) is 4.80. The molecule has 14 heavy (non-hydrogen) atoms. The molecule has 5 heteroatoms. The second-order valence-electron chi connectivity index (χ2n) is 3.95. The number of nitrogens with two attached hydrogens (primary N) is 1. The Balaban J connectivity index is 1.91. The van der Waals surface area contributed by atoms with Crippen molar-refractivity contribution < 1.29 is 5.11 Å². The average molecular weight is 260 g/mol. The van der Waals surface area contributed by atoms with E-state index < -0.39 is 5.60 Å². The van der Waals surface area contributed by atoms with Crippen LogP contribution in [0.15, 0.2) is 10.7 Å². The molecule has 3 N–H and O–H groups in total. The topological polar surface area (TPSA) is 64.1 Å². The van der Waals surface area contributed by atoms with Crippen LogP contribution in [0, 0.1) is 0 Å². The molecule has 1 heterocycles. The summed E-state index contributed by atoms with van der Waals surface area (Å²) < 4.78 is 2.59. The van der Waals surface area contributed by atoms with Crippen LogP contribution in [0.2, 0.25) is 0 Å². The molecule has 1 aromatic rings. The van der Waals surface area contributed by atoms with Crippen LogP contribution in [-0.2, 0) is 6.54 Å². The van der Waals surface area contributed by atoms with Gasteiger partial charge in [-0.05, 0) is 41.6 Å². The first-order valence-corrected chi connectivity index (χ1v) is 5.59. The molecule has 0 aromatic carbocycles. The van der Waals surface area contributed by atoms with Crippen molar-refractivity contribution in [2.45, 2.75) is 37.8 Å². The molecule has 4 nitrogen and oxygen atoms in total. The summed E-state index contributed by atoms with van der Waals surface area (Å²) in [5.41, 5.74) is 5.15. The van der Waals surface area contributed by atoms with Gasteiger partial charge in [0.1, 0.15) is 0 Å². The van der Waals surface area contributed by atoms with Crippen LogP contribution in [-0.4, -0.2) is 20.5 Å². The normalized spacial score (nSPS) is 19.3. The van der Waals surface area contributed by atoms with Crippen molar-refractivity contribution in [1.29, 1.82) is 0 Å². The van der Waals surface area contributed by atoms with Crippen LogP contribution in [0.1, 0.15) is 25.7 Å². The average Bonchev–Trinajstić information content (AvgIpc) is 2.40. The Morgan fingerprint density at radius 2 is 2.36 bits per heavy atom. The number of hydrogen-bond donors (Lipinski definition) is 2. The molecule has 0 spiro atoms. The number of aryl methyl sites for hydroxylation is 1. The summed E-state index contributed by atoms with van der Waals surface area (Å²) in [6.07, 6.45) is 5.59. The molecule has 1 aromatic heterocycles. The van der Waals surface area contributed by atoms with E-state index in [1.54, 1.807) is 4.68 Å². The Labute approximate surface area is 91.2 Å². The predicted molar refractivity (Wildman–Crippen MR) is 57.8 cm³/mol. The van der Waals surface area contributed by atoms with E-state index in [0.717, 1.165) is 36.7 Å². The molecular weight excluding hydrogens is 246 g/mol. The van der Waals surface area contributed by atoms with Crippen LogP contribution < -0.4 is 5.73 Å². The highest BCUT2D eigenvalue weighted by molar-refractivity contribution is 9.10. The minimum absolute atomic E-state index is 0.437.